The molecule has 2 aliphatic heterocycles. The van der Waals surface area contributed by atoms with E-state index in [2.05, 4.69) is 10.1 Å². The van der Waals surface area contributed by atoms with Crippen LogP contribution in [0.25, 0.3) is 0 Å². The predicted octanol–water partition coefficient (Wildman–Crippen LogP) is 1.75. The lowest BCUT2D eigenvalue weighted by Gasteiger charge is -2.34. The van der Waals surface area contributed by atoms with Gasteiger partial charge in [0.25, 0.3) is 5.91 Å². The van der Waals surface area contributed by atoms with E-state index in [-0.39, 0.29) is 12.1 Å². The number of likely N-dealkylation sites (N-methyl/N-ethyl adjacent to an activating group) is 2. The Morgan fingerprint density at radius 3 is 2.55 bits per heavy atom. The molecule has 3 heterocycles. The summed E-state index contributed by atoms with van der Waals surface area (Å²) >= 11 is 0. The van der Waals surface area contributed by atoms with Crippen LogP contribution in [-0.2, 0) is 11.3 Å². The van der Waals surface area contributed by atoms with E-state index in [0.29, 0.717) is 18.3 Å². The lowest BCUT2D eigenvalue weighted by Crippen LogP contribution is -2.62. The van der Waals surface area contributed by atoms with Gasteiger partial charge in [-0.1, -0.05) is 23.2 Å². The Bertz CT molecular complexity index is 1090. The van der Waals surface area contributed by atoms with Gasteiger partial charge in [-0.3, -0.25) is 14.6 Å². The van der Waals surface area contributed by atoms with Crippen molar-refractivity contribution in [2.24, 2.45) is 4.99 Å². The molecule has 1 unspecified atom stereocenters. The number of aliphatic imine (C=N–C) groups is 1. The summed E-state index contributed by atoms with van der Waals surface area (Å²) in [5, 5.41) is 4.47. The molecular weight excluding hydrogens is 375 g/mol. The number of aromatic nitrogens is 2. The highest BCUT2D eigenvalue weighted by atomic mass is 19.1. The minimum atomic E-state index is -0.756. The molecule has 0 radical (unpaired) electrons. The fraction of sp³-hybridized carbons (Fsp3) is 0.350. The van der Waals surface area contributed by atoms with E-state index < -0.39 is 23.8 Å². The molecule has 1 saturated heterocycles. The molecule has 150 valence electrons. The largest absolute Gasteiger partial charge is 0.421 e. The van der Waals surface area contributed by atoms with Gasteiger partial charge in [0.2, 0.25) is 11.9 Å². The number of amides is 3. The lowest BCUT2D eigenvalue weighted by atomic mass is 10.1. The first kappa shape index (κ1) is 19.0. The minimum Gasteiger partial charge on any atom is -0.270 e. The maximum Gasteiger partial charge on any atom is 0.421 e. The summed E-state index contributed by atoms with van der Waals surface area (Å²) in [6.07, 6.45) is 0. The van der Waals surface area contributed by atoms with Crippen LogP contribution in [0.5, 0.6) is 0 Å². The third-order valence-corrected chi connectivity index (χ3v) is 5.22. The van der Waals surface area contributed by atoms with Crippen LogP contribution in [0.1, 0.15) is 23.9 Å². The van der Waals surface area contributed by atoms with E-state index in [0.717, 1.165) is 16.3 Å². The van der Waals surface area contributed by atoms with Crippen molar-refractivity contribution in [2.45, 2.75) is 33.4 Å². The van der Waals surface area contributed by atoms with E-state index in [4.69, 9.17) is 0 Å². The van der Waals surface area contributed by atoms with Crippen molar-refractivity contribution in [3.63, 3.8) is 0 Å². The van der Waals surface area contributed by atoms with E-state index >= 15 is 0 Å². The van der Waals surface area contributed by atoms with Gasteiger partial charge in [-0.05, 0) is 32.9 Å². The average Bonchev–Trinajstić information content (AvgIpc) is 3.24. The second-order valence-corrected chi connectivity index (χ2v) is 7.15. The second kappa shape index (κ2) is 6.91. The molecule has 1 fully saturated rings. The Hall–Kier alpha value is -3.36. The third-order valence-electron chi connectivity index (χ3n) is 5.22. The van der Waals surface area contributed by atoms with Gasteiger partial charge < -0.3 is 0 Å². The van der Waals surface area contributed by atoms with Gasteiger partial charge in [0.15, 0.2) is 0 Å². The molecule has 2 aromatic rings. The lowest BCUT2D eigenvalue weighted by molar-refractivity contribution is -0.534. The Labute approximate surface area is 167 Å². The normalized spacial score (nSPS) is 19.2. The number of urea groups is 1. The molecule has 1 atom stereocenters. The molecule has 9 heteroatoms. The molecule has 2 aliphatic rings. The van der Waals surface area contributed by atoms with Gasteiger partial charge in [0.05, 0.1) is 18.8 Å². The number of amidine groups is 1. The van der Waals surface area contributed by atoms with Crippen LogP contribution in [0.2, 0.25) is 0 Å². The molecule has 0 saturated carbocycles. The SMILES string of the molecule is CC[N+]1=C(n2nc(C)cc2C)N=C2C1C(=O)N(Cc1ccccc1F)C(=O)N2C. The number of fused-ring (bicyclic) bond motifs is 1. The number of carbonyl (C=O) groups excluding carboxylic acids is 2. The standard InChI is InChI=1S/C20H22FN6O2/c1-5-25-16-17(22-19(25)27-13(3)10-12(2)23-27)24(4)20(29)26(18(16)28)11-14-8-6-7-9-15(14)21/h6-10,16H,5,11H2,1-4H3/q+1. The number of rotatable bonds is 3. The number of carbonyl (C=O) groups is 2. The van der Waals surface area contributed by atoms with E-state index in [1.54, 1.807) is 29.9 Å². The summed E-state index contributed by atoms with van der Waals surface area (Å²) in [6, 6.07) is 6.77. The number of hydrogen-bond donors (Lipinski definition) is 0. The quantitative estimate of drug-likeness (QED) is 0.741. The summed E-state index contributed by atoms with van der Waals surface area (Å²) in [5.74, 6) is -0.0228. The van der Waals surface area contributed by atoms with Crippen molar-refractivity contribution < 1.29 is 18.6 Å². The Kier molecular flexibility index (Phi) is 4.52. The molecule has 0 spiro atoms. The van der Waals surface area contributed by atoms with Gasteiger partial charge >= 0.3 is 12.0 Å². The molecule has 4 rings (SSSR count). The van der Waals surface area contributed by atoms with Crippen molar-refractivity contribution in [3.05, 3.63) is 53.1 Å². The first-order valence-corrected chi connectivity index (χ1v) is 9.41. The summed E-state index contributed by atoms with van der Waals surface area (Å²) < 4.78 is 17.6. The van der Waals surface area contributed by atoms with E-state index in [1.807, 2.05) is 31.4 Å². The molecular formula is C20H22FN6O2+. The summed E-state index contributed by atoms with van der Waals surface area (Å²) in [6.45, 7) is 6.06. The highest BCUT2D eigenvalue weighted by Crippen LogP contribution is 2.23. The molecule has 1 aromatic heterocycles. The fourth-order valence-corrected chi connectivity index (χ4v) is 3.77. The monoisotopic (exact) mass is 397 g/mol. The zero-order chi connectivity index (χ0) is 20.9. The fourth-order valence-electron chi connectivity index (χ4n) is 3.77. The van der Waals surface area contributed by atoms with Crippen LogP contribution >= 0.6 is 0 Å². The van der Waals surface area contributed by atoms with Crippen LogP contribution < -0.4 is 0 Å². The maximum absolute atomic E-state index is 14.1. The first-order valence-electron chi connectivity index (χ1n) is 9.41. The number of halogens is 1. The van der Waals surface area contributed by atoms with Crippen molar-refractivity contribution >= 4 is 23.7 Å². The Morgan fingerprint density at radius 1 is 1.21 bits per heavy atom. The zero-order valence-corrected chi connectivity index (χ0v) is 16.8. The Balaban J connectivity index is 1.77. The first-order chi connectivity index (χ1) is 13.8. The molecule has 8 nitrogen and oxygen atoms in total. The van der Waals surface area contributed by atoms with Gasteiger partial charge in [0, 0.05) is 12.6 Å². The molecule has 0 N–H and O–H groups in total. The third kappa shape index (κ3) is 2.93. The average molecular weight is 397 g/mol. The van der Waals surface area contributed by atoms with Crippen LogP contribution in [0, 0.1) is 19.7 Å². The van der Waals surface area contributed by atoms with Gasteiger partial charge in [0.1, 0.15) is 11.5 Å². The zero-order valence-electron chi connectivity index (χ0n) is 16.8. The van der Waals surface area contributed by atoms with Crippen molar-refractivity contribution in [2.75, 3.05) is 13.6 Å². The number of imide groups is 1. The van der Waals surface area contributed by atoms with E-state index in [9.17, 15) is 14.0 Å². The van der Waals surface area contributed by atoms with Crippen LogP contribution in [-0.4, -0.2) is 67.5 Å². The molecule has 1 aromatic carbocycles. The maximum atomic E-state index is 14.1. The van der Waals surface area contributed by atoms with Crippen molar-refractivity contribution in [1.29, 1.82) is 0 Å². The highest BCUT2D eigenvalue weighted by Gasteiger charge is 2.52. The smallest absolute Gasteiger partial charge is 0.270 e. The van der Waals surface area contributed by atoms with Gasteiger partial charge in [-0.15, -0.1) is 9.78 Å². The minimum absolute atomic E-state index is 0.134. The van der Waals surface area contributed by atoms with Gasteiger partial charge in [-0.2, -0.15) is 0 Å². The second-order valence-electron chi connectivity index (χ2n) is 7.15. The van der Waals surface area contributed by atoms with Crippen molar-refractivity contribution in [1.82, 2.24) is 19.6 Å². The summed E-state index contributed by atoms with van der Waals surface area (Å²) in [5.41, 5.74) is 1.99. The summed E-state index contributed by atoms with van der Waals surface area (Å²) in [7, 11) is 1.58. The van der Waals surface area contributed by atoms with Crippen LogP contribution in [0.3, 0.4) is 0 Å². The number of benzene rings is 1. The highest BCUT2D eigenvalue weighted by molar-refractivity contribution is 6.22. The van der Waals surface area contributed by atoms with Gasteiger partial charge in [-0.25, -0.2) is 13.8 Å². The van der Waals surface area contributed by atoms with Crippen LogP contribution in [0.4, 0.5) is 9.18 Å². The number of hydrogen-bond acceptors (Lipinski definition) is 4. The summed E-state index contributed by atoms with van der Waals surface area (Å²) in [4.78, 5) is 33.2. The van der Waals surface area contributed by atoms with E-state index in [1.165, 1.54) is 11.0 Å². The van der Waals surface area contributed by atoms with Crippen molar-refractivity contribution in [3.8, 4) is 0 Å². The molecule has 3 amide bonds. The van der Waals surface area contributed by atoms with Crippen LogP contribution in [0.15, 0.2) is 35.3 Å². The number of aryl methyl sites for hydroxylation is 2. The topological polar surface area (TPSA) is 73.8 Å². The molecule has 0 bridgehead atoms. The Morgan fingerprint density at radius 2 is 1.93 bits per heavy atom. The predicted molar refractivity (Wildman–Crippen MR) is 104 cm³/mol. The number of nitrogens with zero attached hydrogens (tertiary/aromatic N) is 6. The molecule has 0 aliphatic carbocycles. The molecule has 29 heavy (non-hydrogen) atoms.